The van der Waals surface area contributed by atoms with E-state index in [-0.39, 0.29) is 0 Å². The summed E-state index contributed by atoms with van der Waals surface area (Å²) in [5, 5.41) is 3.41. The molecule has 0 saturated carbocycles. The third kappa shape index (κ3) is 8.66. The van der Waals surface area contributed by atoms with Gasteiger partial charge in [0.1, 0.15) is 0 Å². The van der Waals surface area contributed by atoms with Gasteiger partial charge >= 0.3 is 0 Å². The Balaban J connectivity index is 3.49. The minimum absolute atomic E-state index is 0.371. The third-order valence-corrected chi connectivity index (χ3v) is 2.79. The second-order valence-electron chi connectivity index (χ2n) is 3.69. The van der Waals surface area contributed by atoms with Crippen LogP contribution in [0.15, 0.2) is 0 Å². The highest BCUT2D eigenvalue weighted by molar-refractivity contribution is 7.84. The van der Waals surface area contributed by atoms with Crippen molar-refractivity contribution in [3.8, 4) is 0 Å². The molecule has 0 saturated heterocycles. The molecule has 0 aliphatic carbocycles. The van der Waals surface area contributed by atoms with Gasteiger partial charge in [-0.05, 0) is 27.2 Å². The van der Waals surface area contributed by atoms with Crippen LogP contribution in [0.5, 0.6) is 0 Å². The monoisotopic (exact) mass is 221 g/mol. The van der Waals surface area contributed by atoms with Gasteiger partial charge in [0.2, 0.25) is 0 Å². The van der Waals surface area contributed by atoms with Crippen LogP contribution in [-0.4, -0.2) is 41.5 Å². The standard InChI is InChI=1S/C10H23NO2S/c1-5-13-8-10(3)11-9(2)6-7-14(4)12/h9-11H,5-8H2,1-4H3. The van der Waals surface area contributed by atoms with Crippen LogP contribution < -0.4 is 5.32 Å². The first-order chi connectivity index (χ1) is 6.56. The zero-order chi connectivity index (χ0) is 11.0. The van der Waals surface area contributed by atoms with Gasteiger partial charge in [0.05, 0.1) is 6.61 Å². The number of rotatable bonds is 8. The lowest BCUT2D eigenvalue weighted by Gasteiger charge is -2.19. The van der Waals surface area contributed by atoms with Crippen molar-refractivity contribution in [3.05, 3.63) is 0 Å². The molecule has 0 aromatic heterocycles. The molecule has 0 aromatic carbocycles. The zero-order valence-corrected chi connectivity index (χ0v) is 10.5. The van der Waals surface area contributed by atoms with Crippen molar-refractivity contribution in [1.29, 1.82) is 0 Å². The highest BCUT2D eigenvalue weighted by Gasteiger charge is 2.07. The molecule has 0 spiro atoms. The van der Waals surface area contributed by atoms with Crippen LogP contribution in [0, 0.1) is 0 Å². The van der Waals surface area contributed by atoms with Gasteiger partial charge in [0.25, 0.3) is 0 Å². The van der Waals surface area contributed by atoms with Crippen LogP contribution in [0.3, 0.4) is 0 Å². The Morgan fingerprint density at radius 2 is 2.00 bits per heavy atom. The van der Waals surface area contributed by atoms with Gasteiger partial charge < -0.3 is 10.1 Å². The van der Waals surface area contributed by atoms with E-state index in [2.05, 4.69) is 19.2 Å². The summed E-state index contributed by atoms with van der Waals surface area (Å²) in [6.45, 7) is 7.73. The molecule has 1 N–H and O–H groups in total. The maximum absolute atomic E-state index is 10.9. The van der Waals surface area contributed by atoms with Gasteiger partial charge in [-0.1, -0.05) is 0 Å². The van der Waals surface area contributed by atoms with E-state index in [4.69, 9.17) is 4.74 Å². The van der Waals surface area contributed by atoms with Crippen molar-refractivity contribution in [3.63, 3.8) is 0 Å². The lowest BCUT2D eigenvalue weighted by Crippen LogP contribution is -2.38. The van der Waals surface area contributed by atoms with E-state index in [1.807, 2.05) is 6.92 Å². The second-order valence-corrected chi connectivity index (χ2v) is 5.25. The third-order valence-electron chi connectivity index (χ3n) is 1.98. The molecule has 4 heteroatoms. The SMILES string of the molecule is CCOCC(C)NC(C)CCS(C)=O. The lowest BCUT2D eigenvalue weighted by molar-refractivity contribution is 0.124. The van der Waals surface area contributed by atoms with Gasteiger partial charge in [0.15, 0.2) is 0 Å². The molecule has 0 heterocycles. The van der Waals surface area contributed by atoms with Crippen molar-refractivity contribution in [2.24, 2.45) is 0 Å². The molecular weight excluding hydrogens is 198 g/mol. The predicted molar refractivity (Wildman–Crippen MR) is 62.1 cm³/mol. The molecule has 86 valence electrons. The maximum Gasteiger partial charge on any atom is 0.0616 e. The van der Waals surface area contributed by atoms with Crippen LogP contribution in [0.2, 0.25) is 0 Å². The molecule has 0 radical (unpaired) electrons. The van der Waals surface area contributed by atoms with Gasteiger partial charge in [0, 0.05) is 41.5 Å². The topological polar surface area (TPSA) is 38.3 Å². The van der Waals surface area contributed by atoms with E-state index in [1.165, 1.54) is 0 Å². The molecule has 0 aromatic rings. The molecule has 3 atom stereocenters. The first-order valence-electron chi connectivity index (χ1n) is 5.20. The smallest absolute Gasteiger partial charge is 0.0616 e. The van der Waals surface area contributed by atoms with Gasteiger partial charge in [-0.3, -0.25) is 4.21 Å². The maximum atomic E-state index is 10.9. The van der Waals surface area contributed by atoms with Crippen LogP contribution in [0.1, 0.15) is 27.2 Å². The summed E-state index contributed by atoms with van der Waals surface area (Å²) in [6, 6.07) is 0.782. The predicted octanol–water partition coefficient (Wildman–Crippen LogP) is 1.16. The van der Waals surface area contributed by atoms with E-state index < -0.39 is 10.8 Å². The number of nitrogens with one attached hydrogen (secondary N) is 1. The first-order valence-corrected chi connectivity index (χ1v) is 6.92. The quantitative estimate of drug-likeness (QED) is 0.668. The van der Waals surface area contributed by atoms with Gasteiger partial charge in [-0.15, -0.1) is 0 Å². The fourth-order valence-electron chi connectivity index (χ4n) is 1.25. The molecule has 0 aliphatic heterocycles. The fraction of sp³-hybridized carbons (Fsp3) is 1.00. The van der Waals surface area contributed by atoms with E-state index in [0.29, 0.717) is 12.1 Å². The normalized spacial score (nSPS) is 17.7. The van der Waals surface area contributed by atoms with E-state index in [1.54, 1.807) is 6.26 Å². The van der Waals surface area contributed by atoms with Crippen LogP contribution in [0.4, 0.5) is 0 Å². The lowest BCUT2D eigenvalue weighted by atomic mass is 10.2. The van der Waals surface area contributed by atoms with Gasteiger partial charge in [-0.2, -0.15) is 0 Å². The number of hydrogen-bond donors (Lipinski definition) is 1. The Hall–Kier alpha value is 0.0700. The molecule has 3 unspecified atom stereocenters. The van der Waals surface area contributed by atoms with Crippen molar-refractivity contribution >= 4 is 10.8 Å². The average Bonchev–Trinajstić information content (AvgIpc) is 2.11. The van der Waals surface area contributed by atoms with Gasteiger partial charge in [-0.25, -0.2) is 0 Å². The van der Waals surface area contributed by atoms with Crippen LogP contribution >= 0.6 is 0 Å². The minimum atomic E-state index is -0.678. The largest absolute Gasteiger partial charge is 0.380 e. The zero-order valence-electron chi connectivity index (χ0n) is 9.71. The summed E-state index contributed by atoms with van der Waals surface area (Å²) in [5.41, 5.74) is 0. The van der Waals surface area contributed by atoms with Crippen molar-refractivity contribution < 1.29 is 8.95 Å². The molecule has 0 bridgehead atoms. The molecule has 14 heavy (non-hydrogen) atoms. The summed E-state index contributed by atoms with van der Waals surface area (Å²) in [4.78, 5) is 0. The summed E-state index contributed by atoms with van der Waals surface area (Å²) < 4.78 is 16.2. The molecule has 0 aliphatic rings. The van der Waals surface area contributed by atoms with E-state index in [0.717, 1.165) is 25.4 Å². The summed E-state index contributed by atoms with van der Waals surface area (Å²) in [7, 11) is -0.678. The summed E-state index contributed by atoms with van der Waals surface area (Å²) in [6.07, 6.45) is 2.70. The minimum Gasteiger partial charge on any atom is -0.380 e. The molecule has 0 amide bonds. The second kappa shape index (κ2) is 8.38. The Morgan fingerprint density at radius 3 is 2.50 bits per heavy atom. The average molecular weight is 221 g/mol. The Labute approximate surface area is 90.1 Å². The molecule has 3 nitrogen and oxygen atoms in total. The van der Waals surface area contributed by atoms with E-state index in [9.17, 15) is 4.21 Å². The Bertz CT molecular complexity index is 164. The van der Waals surface area contributed by atoms with Crippen molar-refractivity contribution in [2.75, 3.05) is 25.2 Å². The highest BCUT2D eigenvalue weighted by atomic mass is 32.2. The van der Waals surface area contributed by atoms with Crippen molar-refractivity contribution in [1.82, 2.24) is 5.32 Å². The van der Waals surface area contributed by atoms with Crippen LogP contribution in [0.25, 0.3) is 0 Å². The Kier molecular flexibility index (Phi) is 8.43. The molecule has 0 rings (SSSR count). The first kappa shape index (κ1) is 14.1. The number of hydrogen-bond acceptors (Lipinski definition) is 3. The van der Waals surface area contributed by atoms with Crippen LogP contribution in [-0.2, 0) is 15.5 Å². The fourth-order valence-corrected chi connectivity index (χ4v) is 1.94. The molecule has 0 fully saturated rings. The summed E-state index contributed by atoms with van der Waals surface area (Å²) in [5.74, 6) is 0.773. The summed E-state index contributed by atoms with van der Waals surface area (Å²) >= 11 is 0. The molecular formula is C10H23NO2S. The Morgan fingerprint density at radius 1 is 1.36 bits per heavy atom. The highest BCUT2D eigenvalue weighted by Crippen LogP contribution is 1.95. The van der Waals surface area contributed by atoms with Crippen molar-refractivity contribution in [2.45, 2.75) is 39.3 Å². The number of ether oxygens (including phenoxy) is 1. The van der Waals surface area contributed by atoms with E-state index >= 15 is 0 Å².